The molecule has 30 heavy (non-hydrogen) atoms. The highest BCUT2D eigenvalue weighted by Gasteiger charge is 2.39. The highest BCUT2D eigenvalue weighted by Crippen LogP contribution is 2.34. The van der Waals surface area contributed by atoms with Crippen LogP contribution >= 0.6 is 0 Å². The van der Waals surface area contributed by atoms with Crippen molar-refractivity contribution >= 4 is 17.4 Å². The molecule has 0 radical (unpaired) electrons. The van der Waals surface area contributed by atoms with Gasteiger partial charge in [0.2, 0.25) is 11.7 Å². The molecule has 0 aliphatic carbocycles. The van der Waals surface area contributed by atoms with Crippen LogP contribution in [-0.4, -0.2) is 34.9 Å². The minimum Gasteiger partial charge on any atom is -0.356 e. The van der Waals surface area contributed by atoms with E-state index in [1.165, 1.54) is 11.8 Å². The summed E-state index contributed by atoms with van der Waals surface area (Å²) in [6, 6.07) is 6.88. The molecule has 2 heterocycles. The molecule has 1 amide bonds. The first kappa shape index (κ1) is 21.9. The highest BCUT2D eigenvalue weighted by molar-refractivity contribution is 6.08. The topological polar surface area (TPSA) is 58.1 Å². The van der Waals surface area contributed by atoms with E-state index in [0.29, 0.717) is 5.69 Å². The molecule has 1 aromatic carbocycles. The molecule has 1 saturated heterocycles. The van der Waals surface area contributed by atoms with E-state index in [4.69, 9.17) is 0 Å². The second-order valence-electron chi connectivity index (χ2n) is 7.35. The number of anilines is 2. The molecule has 1 aliphatic rings. The van der Waals surface area contributed by atoms with Gasteiger partial charge < -0.3 is 10.2 Å². The maximum Gasteiger partial charge on any atom is 0.451 e. The van der Waals surface area contributed by atoms with Gasteiger partial charge in [0, 0.05) is 31.6 Å². The van der Waals surface area contributed by atoms with E-state index in [-0.39, 0.29) is 43.0 Å². The minimum absolute atomic E-state index is 0.0636. The number of amides is 1. The van der Waals surface area contributed by atoms with Gasteiger partial charge in [-0.3, -0.25) is 4.79 Å². The van der Waals surface area contributed by atoms with Crippen molar-refractivity contribution in [3.63, 3.8) is 0 Å². The van der Waals surface area contributed by atoms with Crippen molar-refractivity contribution in [1.29, 1.82) is 0 Å². The second-order valence-corrected chi connectivity index (χ2v) is 7.35. The molecule has 162 valence electrons. The summed E-state index contributed by atoms with van der Waals surface area (Å²) in [5, 5.41) is 2.63. The quantitative estimate of drug-likeness (QED) is 0.700. The van der Waals surface area contributed by atoms with Crippen molar-refractivity contribution in [1.82, 2.24) is 9.97 Å². The van der Waals surface area contributed by atoms with Crippen molar-refractivity contribution < 1.29 is 26.7 Å². The maximum atomic E-state index is 13.8. The summed E-state index contributed by atoms with van der Waals surface area (Å²) in [5.74, 6) is -5.29. The van der Waals surface area contributed by atoms with Gasteiger partial charge in [-0.25, -0.2) is 18.7 Å². The molecule has 10 heteroatoms. The molecule has 2 aromatic rings. The molecule has 0 atom stereocenters. The first-order chi connectivity index (χ1) is 14.0. The summed E-state index contributed by atoms with van der Waals surface area (Å²) in [5.41, 5.74) is 0.999. The van der Waals surface area contributed by atoms with Gasteiger partial charge in [0.1, 0.15) is 11.4 Å². The fraction of sp³-hybridized carbons (Fsp3) is 0.450. The normalized spacial score (nSPS) is 16.8. The van der Waals surface area contributed by atoms with Crippen LogP contribution in [0.3, 0.4) is 0 Å². The third-order valence-corrected chi connectivity index (χ3v) is 4.84. The molecule has 0 saturated carbocycles. The number of hydrogen-bond donors (Lipinski definition) is 1. The van der Waals surface area contributed by atoms with E-state index < -0.39 is 30.3 Å². The Bertz CT molecular complexity index is 945. The Kier molecular flexibility index (Phi) is 5.96. The molecule has 0 bridgehead atoms. The van der Waals surface area contributed by atoms with Gasteiger partial charge >= 0.3 is 6.18 Å². The first-order valence-electron chi connectivity index (χ1n) is 9.43. The fourth-order valence-electron chi connectivity index (χ4n) is 3.37. The lowest BCUT2D eigenvalue weighted by molar-refractivity contribution is -0.145. The van der Waals surface area contributed by atoms with Crippen LogP contribution < -0.4 is 10.2 Å². The standard InChI is InChI=1S/C20H21F5N4O/c1-12-5-3-6-14(11-12)27-17(30)15-13(2)26-18(20(23,24)25)28-16(15)29-9-4-7-19(21,22)8-10-29/h3,5-6,11H,4,7-10H2,1-2H3,(H,27,30). The molecule has 1 aliphatic heterocycles. The Balaban J connectivity index is 2.03. The Morgan fingerprint density at radius 3 is 2.53 bits per heavy atom. The van der Waals surface area contributed by atoms with Crippen molar-refractivity contribution in [2.24, 2.45) is 0 Å². The third-order valence-electron chi connectivity index (χ3n) is 4.84. The van der Waals surface area contributed by atoms with Crippen LogP contribution in [0.25, 0.3) is 0 Å². The average Bonchev–Trinajstić information content (AvgIpc) is 2.80. The summed E-state index contributed by atoms with van der Waals surface area (Å²) >= 11 is 0. The Labute approximate surface area is 170 Å². The molecule has 0 spiro atoms. The number of hydrogen-bond acceptors (Lipinski definition) is 4. The number of rotatable bonds is 3. The van der Waals surface area contributed by atoms with E-state index in [0.717, 1.165) is 5.56 Å². The van der Waals surface area contributed by atoms with Gasteiger partial charge in [-0.2, -0.15) is 13.2 Å². The molecule has 1 N–H and O–H groups in total. The van der Waals surface area contributed by atoms with Crippen LogP contribution in [0.5, 0.6) is 0 Å². The molecule has 1 aromatic heterocycles. The number of alkyl halides is 5. The Morgan fingerprint density at radius 2 is 1.87 bits per heavy atom. The Hall–Kier alpha value is -2.78. The SMILES string of the molecule is Cc1cccc(NC(=O)c2c(C)nc(C(F)(F)F)nc2N2CCCC(F)(F)CC2)c1. The molecular formula is C20H21F5N4O. The lowest BCUT2D eigenvalue weighted by Gasteiger charge is -2.25. The van der Waals surface area contributed by atoms with Gasteiger partial charge in [0.05, 0.1) is 5.69 Å². The average molecular weight is 428 g/mol. The van der Waals surface area contributed by atoms with E-state index in [2.05, 4.69) is 15.3 Å². The monoisotopic (exact) mass is 428 g/mol. The molecule has 0 unspecified atom stereocenters. The van der Waals surface area contributed by atoms with Crippen molar-refractivity contribution in [3.05, 3.63) is 46.9 Å². The van der Waals surface area contributed by atoms with Crippen LogP contribution in [0.1, 0.15) is 46.7 Å². The lowest BCUT2D eigenvalue weighted by Crippen LogP contribution is -2.31. The second kappa shape index (κ2) is 8.16. The number of nitrogens with zero attached hydrogens (tertiary/aromatic N) is 3. The summed E-state index contributed by atoms with van der Waals surface area (Å²) in [4.78, 5) is 21.3. The number of aryl methyl sites for hydroxylation is 2. The van der Waals surface area contributed by atoms with E-state index >= 15 is 0 Å². The predicted molar refractivity (Wildman–Crippen MR) is 102 cm³/mol. The zero-order valence-corrected chi connectivity index (χ0v) is 16.5. The van der Waals surface area contributed by atoms with Gasteiger partial charge in [-0.15, -0.1) is 0 Å². The number of benzene rings is 1. The summed E-state index contributed by atoms with van der Waals surface area (Å²) in [6.07, 6.45) is -5.67. The Morgan fingerprint density at radius 1 is 1.13 bits per heavy atom. The van der Waals surface area contributed by atoms with Crippen LogP contribution in [0.15, 0.2) is 24.3 Å². The van der Waals surface area contributed by atoms with E-state index in [1.54, 1.807) is 18.2 Å². The lowest BCUT2D eigenvalue weighted by atomic mass is 10.1. The summed E-state index contributed by atoms with van der Waals surface area (Å²) < 4.78 is 67.4. The van der Waals surface area contributed by atoms with Crippen LogP contribution in [0.2, 0.25) is 0 Å². The maximum absolute atomic E-state index is 13.8. The molecule has 3 rings (SSSR count). The van der Waals surface area contributed by atoms with Crippen molar-refractivity contribution in [2.45, 2.75) is 45.2 Å². The zero-order chi connectivity index (χ0) is 22.1. The zero-order valence-electron chi connectivity index (χ0n) is 16.5. The third kappa shape index (κ3) is 5.03. The van der Waals surface area contributed by atoms with Crippen molar-refractivity contribution in [3.8, 4) is 0 Å². The van der Waals surface area contributed by atoms with E-state index in [9.17, 15) is 26.7 Å². The molecule has 1 fully saturated rings. The van der Waals surface area contributed by atoms with Gasteiger partial charge in [0.25, 0.3) is 5.91 Å². The summed E-state index contributed by atoms with van der Waals surface area (Å²) in [6.45, 7) is 2.95. The summed E-state index contributed by atoms with van der Waals surface area (Å²) in [7, 11) is 0. The van der Waals surface area contributed by atoms with Gasteiger partial charge in [-0.05, 0) is 38.0 Å². The largest absolute Gasteiger partial charge is 0.451 e. The van der Waals surface area contributed by atoms with Crippen LogP contribution in [-0.2, 0) is 6.18 Å². The number of nitrogens with one attached hydrogen (secondary N) is 1. The van der Waals surface area contributed by atoms with Crippen LogP contribution in [0, 0.1) is 13.8 Å². The molecule has 5 nitrogen and oxygen atoms in total. The predicted octanol–water partition coefficient (Wildman–Crippen LogP) is 4.99. The fourth-order valence-corrected chi connectivity index (χ4v) is 3.37. The number of halogens is 5. The number of aromatic nitrogens is 2. The van der Waals surface area contributed by atoms with Gasteiger partial charge in [0.15, 0.2) is 0 Å². The smallest absolute Gasteiger partial charge is 0.356 e. The number of carbonyl (C=O) groups is 1. The first-order valence-corrected chi connectivity index (χ1v) is 9.43. The van der Waals surface area contributed by atoms with Crippen molar-refractivity contribution in [2.75, 3.05) is 23.3 Å². The number of carbonyl (C=O) groups excluding carboxylic acids is 1. The van der Waals surface area contributed by atoms with Crippen LogP contribution in [0.4, 0.5) is 33.5 Å². The minimum atomic E-state index is -4.83. The van der Waals surface area contributed by atoms with E-state index in [1.807, 2.05) is 13.0 Å². The van der Waals surface area contributed by atoms with Gasteiger partial charge in [-0.1, -0.05) is 12.1 Å². The highest BCUT2D eigenvalue weighted by atomic mass is 19.4. The molecular weight excluding hydrogens is 407 g/mol.